The summed E-state index contributed by atoms with van der Waals surface area (Å²) in [7, 11) is 0. The number of nitrogens with one attached hydrogen (secondary N) is 1. The van der Waals surface area contributed by atoms with Gasteiger partial charge in [0.25, 0.3) is 0 Å². The lowest BCUT2D eigenvalue weighted by Crippen LogP contribution is -2.45. The second-order valence-corrected chi connectivity index (χ2v) is 6.69. The molecular formula is C16H21NO3S. The van der Waals surface area contributed by atoms with Gasteiger partial charge in [0.2, 0.25) is 5.91 Å². The Balaban J connectivity index is 2.00. The highest BCUT2D eigenvalue weighted by Gasteiger charge is 2.51. The standard InChI is InChI=1S/C16H21NO3S/c1-2-21-11-8-13(14(18)19)17-15(20)16(9-10-16)12-6-4-3-5-7-12/h3-7,13H,2,8-11H2,1H3,(H,17,20)(H,18,19). The van der Waals surface area contributed by atoms with Crippen molar-refractivity contribution >= 4 is 23.6 Å². The van der Waals surface area contributed by atoms with Crippen LogP contribution in [-0.2, 0) is 15.0 Å². The second kappa shape index (κ2) is 6.98. The number of carbonyl (C=O) groups is 2. The third-order valence-electron chi connectivity index (χ3n) is 3.87. The topological polar surface area (TPSA) is 66.4 Å². The molecule has 1 aromatic rings. The first-order chi connectivity index (χ1) is 10.1. The minimum absolute atomic E-state index is 0.150. The first kappa shape index (κ1) is 15.9. The van der Waals surface area contributed by atoms with E-state index < -0.39 is 17.4 Å². The van der Waals surface area contributed by atoms with Crippen LogP contribution in [0.15, 0.2) is 30.3 Å². The van der Waals surface area contributed by atoms with Gasteiger partial charge in [-0.3, -0.25) is 4.79 Å². The van der Waals surface area contributed by atoms with Crippen LogP contribution in [0.2, 0.25) is 0 Å². The van der Waals surface area contributed by atoms with Gasteiger partial charge in [-0.05, 0) is 36.3 Å². The predicted octanol–water partition coefficient (Wildman–Crippen LogP) is 2.43. The summed E-state index contributed by atoms with van der Waals surface area (Å²) < 4.78 is 0. The average molecular weight is 307 g/mol. The molecular weight excluding hydrogens is 286 g/mol. The summed E-state index contributed by atoms with van der Waals surface area (Å²) in [6.45, 7) is 2.04. The van der Waals surface area contributed by atoms with E-state index in [9.17, 15) is 14.7 Å². The third kappa shape index (κ3) is 3.79. The van der Waals surface area contributed by atoms with Gasteiger partial charge in [-0.15, -0.1) is 0 Å². The Bertz CT molecular complexity index is 500. The van der Waals surface area contributed by atoms with Crippen molar-refractivity contribution in [1.29, 1.82) is 0 Å². The Kier molecular flexibility index (Phi) is 5.28. The van der Waals surface area contributed by atoms with Gasteiger partial charge < -0.3 is 10.4 Å². The number of carboxylic acid groups (broad SMARTS) is 1. The summed E-state index contributed by atoms with van der Waals surface area (Å²) in [6, 6.07) is 8.83. The highest BCUT2D eigenvalue weighted by Crippen LogP contribution is 2.48. The number of amides is 1. The fourth-order valence-corrected chi connectivity index (χ4v) is 3.12. The highest BCUT2D eigenvalue weighted by molar-refractivity contribution is 7.99. The smallest absolute Gasteiger partial charge is 0.326 e. The van der Waals surface area contributed by atoms with Gasteiger partial charge in [0.05, 0.1) is 5.41 Å². The summed E-state index contributed by atoms with van der Waals surface area (Å²) in [5.74, 6) is 0.590. The largest absolute Gasteiger partial charge is 0.480 e. The van der Waals surface area contributed by atoms with Gasteiger partial charge in [0, 0.05) is 0 Å². The lowest BCUT2D eigenvalue weighted by Gasteiger charge is -2.20. The Hall–Kier alpha value is -1.49. The summed E-state index contributed by atoms with van der Waals surface area (Å²) in [5, 5.41) is 12.0. The molecule has 1 unspecified atom stereocenters. The number of carbonyl (C=O) groups excluding carboxylic acids is 1. The molecule has 5 heteroatoms. The minimum atomic E-state index is -0.955. The van der Waals surface area contributed by atoms with Gasteiger partial charge in [0.15, 0.2) is 0 Å². The minimum Gasteiger partial charge on any atom is -0.480 e. The van der Waals surface area contributed by atoms with Crippen LogP contribution < -0.4 is 5.32 Å². The lowest BCUT2D eigenvalue weighted by atomic mass is 9.94. The molecule has 0 heterocycles. The van der Waals surface area contributed by atoms with Crippen molar-refractivity contribution in [3.63, 3.8) is 0 Å². The molecule has 1 aliphatic rings. The van der Waals surface area contributed by atoms with Crippen LogP contribution in [-0.4, -0.2) is 34.5 Å². The van der Waals surface area contributed by atoms with Gasteiger partial charge in [0.1, 0.15) is 6.04 Å². The van der Waals surface area contributed by atoms with E-state index >= 15 is 0 Å². The molecule has 0 bridgehead atoms. The lowest BCUT2D eigenvalue weighted by molar-refractivity contribution is -0.142. The number of hydrogen-bond donors (Lipinski definition) is 2. The first-order valence-corrected chi connectivity index (χ1v) is 8.42. The molecule has 0 saturated heterocycles. The monoisotopic (exact) mass is 307 g/mol. The van der Waals surface area contributed by atoms with Crippen molar-refractivity contribution in [3.05, 3.63) is 35.9 Å². The molecule has 1 aliphatic carbocycles. The SMILES string of the molecule is CCSCCC(NC(=O)C1(c2ccccc2)CC1)C(=O)O. The Morgan fingerprint density at radius 2 is 2.00 bits per heavy atom. The van der Waals surface area contributed by atoms with Crippen LogP contribution in [0.5, 0.6) is 0 Å². The van der Waals surface area contributed by atoms with Crippen molar-refractivity contribution in [1.82, 2.24) is 5.32 Å². The van der Waals surface area contributed by atoms with Gasteiger partial charge in [-0.1, -0.05) is 37.3 Å². The summed E-state index contributed by atoms with van der Waals surface area (Å²) in [6.07, 6.45) is 2.04. The Labute approximate surface area is 129 Å². The molecule has 1 fully saturated rings. The van der Waals surface area contributed by atoms with E-state index in [-0.39, 0.29) is 5.91 Å². The number of rotatable bonds is 8. The molecule has 1 amide bonds. The Morgan fingerprint density at radius 3 is 2.52 bits per heavy atom. The molecule has 114 valence electrons. The molecule has 21 heavy (non-hydrogen) atoms. The van der Waals surface area contributed by atoms with E-state index in [0.29, 0.717) is 6.42 Å². The normalized spacial score (nSPS) is 17.0. The van der Waals surface area contributed by atoms with Gasteiger partial charge in [-0.25, -0.2) is 4.79 Å². The second-order valence-electron chi connectivity index (χ2n) is 5.30. The van der Waals surface area contributed by atoms with E-state index in [4.69, 9.17) is 0 Å². The number of carboxylic acids is 1. The molecule has 0 aliphatic heterocycles. The van der Waals surface area contributed by atoms with E-state index in [2.05, 4.69) is 5.32 Å². The highest BCUT2D eigenvalue weighted by atomic mass is 32.2. The van der Waals surface area contributed by atoms with Crippen molar-refractivity contribution in [2.45, 2.75) is 37.6 Å². The number of hydrogen-bond acceptors (Lipinski definition) is 3. The maximum atomic E-state index is 12.5. The molecule has 1 aromatic carbocycles. The molecule has 4 nitrogen and oxygen atoms in total. The molecule has 1 atom stereocenters. The zero-order chi connectivity index (χ0) is 15.3. The summed E-state index contributed by atoms with van der Waals surface area (Å²) >= 11 is 1.69. The molecule has 0 spiro atoms. The fourth-order valence-electron chi connectivity index (χ4n) is 2.43. The van der Waals surface area contributed by atoms with Crippen molar-refractivity contribution in [3.8, 4) is 0 Å². The van der Waals surface area contributed by atoms with E-state index in [0.717, 1.165) is 29.9 Å². The zero-order valence-corrected chi connectivity index (χ0v) is 13.0. The number of benzene rings is 1. The molecule has 1 saturated carbocycles. The fraction of sp³-hybridized carbons (Fsp3) is 0.500. The van der Waals surface area contributed by atoms with Crippen LogP contribution in [0.4, 0.5) is 0 Å². The van der Waals surface area contributed by atoms with Crippen LogP contribution in [0.1, 0.15) is 31.7 Å². The first-order valence-electron chi connectivity index (χ1n) is 7.27. The molecule has 2 N–H and O–H groups in total. The van der Waals surface area contributed by atoms with E-state index in [1.54, 1.807) is 11.8 Å². The van der Waals surface area contributed by atoms with Crippen molar-refractivity contribution < 1.29 is 14.7 Å². The van der Waals surface area contributed by atoms with E-state index in [1.807, 2.05) is 37.3 Å². The predicted molar refractivity (Wildman–Crippen MR) is 84.5 cm³/mol. The maximum Gasteiger partial charge on any atom is 0.326 e. The average Bonchev–Trinajstić information content (AvgIpc) is 3.29. The molecule has 0 aromatic heterocycles. The quantitative estimate of drug-likeness (QED) is 0.724. The zero-order valence-electron chi connectivity index (χ0n) is 12.2. The summed E-state index contributed by atoms with van der Waals surface area (Å²) in [5.41, 5.74) is 0.474. The number of aliphatic carboxylic acids is 1. The maximum absolute atomic E-state index is 12.5. The van der Waals surface area contributed by atoms with Crippen LogP contribution in [0.3, 0.4) is 0 Å². The molecule has 0 radical (unpaired) electrons. The van der Waals surface area contributed by atoms with Gasteiger partial charge in [-0.2, -0.15) is 11.8 Å². The van der Waals surface area contributed by atoms with Crippen LogP contribution >= 0.6 is 11.8 Å². The Morgan fingerprint density at radius 1 is 1.33 bits per heavy atom. The summed E-state index contributed by atoms with van der Waals surface area (Å²) in [4.78, 5) is 23.8. The van der Waals surface area contributed by atoms with Crippen LogP contribution in [0.25, 0.3) is 0 Å². The van der Waals surface area contributed by atoms with Crippen molar-refractivity contribution in [2.75, 3.05) is 11.5 Å². The van der Waals surface area contributed by atoms with E-state index in [1.165, 1.54) is 0 Å². The third-order valence-corrected chi connectivity index (χ3v) is 4.80. The van der Waals surface area contributed by atoms with Crippen LogP contribution in [0, 0.1) is 0 Å². The number of thioether (sulfide) groups is 1. The van der Waals surface area contributed by atoms with Crippen molar-refractivity contribution in [2.24, 2.45) is 0 Å². The van der Waals surface area contributed by atoms with Gasteiger partial charge >= 0.3 is 5.97 Å². The molecule has 2 rings (SSSR count).